The Morgan fingerprint density at radius 1 is 1.06 bits per heavy atom. The number of nitrogens with one attached hydrogen (secondary N) is 1. The third-order valence-electron chi connectivity index (χ3n) is 6.13. The van der Waals surface area contributed by atoms with Crippen LogP contribution in [-0.4, -0.2) is 43.1 Å². The molecule has 0 unspecified atom stereocenters. The second-order valence-corrected chi connectivity index (χ2v) is 8.69. The summed E-state index contributed by atoms with van der Waals surface area (Å²) in [5, 5.41) is 3.02. The Morgan fingerprint density at radius 3 is 2.51 bits per heavy atom. The fraction of sp³-hybridized carbons (Fsp3) is 0.423. The van der Waals surface area contributed by atoms with Crippen LogP contribution in [0.1, 0.15) is 44.6 Å². The second kappa shape index (κ2) is 11.1. The summed E-state index contributed by atoms with van der Waals surface area (Å²) in [4.78, 5) is 37.8. The first-order valence-electron chi connectivity index (χ1n) is 11.8. The number of ether oxygens (including phenoxy) is 4. The van der Waals surface area contributed by atoms with E-state index in [4.69, 9.17) is 18.9 Å². The molecule has 2 aromatic rings. The molecule has 1 saturated carbocycles. The Hall–Kier alpha value is -3.75. The number of rotatable bonds is 8. The molecule has 9 heteroatoms. The molecule has 0 bridgehead atoms. The number of hydrogen-bond acceptors (Lipinski definition) is 7. The molecule has 1 N–H and O–H groups in total. The van der Waals surface area contributed by atoms with Crippen LogP contribution in [0.2, 0.25) is 0 Å². The third kappa shape index (κ3) is 6.23. The van der Waals surface area contributed by atoms with Crippen molar-refractivity contribution in [1.29, 1.82) is 0 Å². The van der Waals surface area contributed by atoms with Crippen molar-refractivity contribution in [3.05, 3.63) is 42.0 Å². The van der Waals surface area contributed by atoms with Crippen LogP contribution in [0.15, 0.2) is 36.4 Å². The Labute approximate surface area is 204 Å². The minimum Gasteiger partial charge on any atom is -0.493 e. The lowest BCUT2D eigenvalue weighted by molar-refractivity contribution is -0.131. The molecule has 0 aromatic heterocycles. The van der Waals surface area contributed by atoms with E-state index in [1.165, 1.54) is 20.5 Å². The Morgan fingerprint density at radius 2 is 1.83 bits per heavy atom. The van der Waals surface area contributed by atoms with Gasteiger partial charge in [-0.2, -0.15) is 0 Å². The molecule has 1 aliphatic carbocycles. The largest absolute Gasteiger partial charge is 0.493 e. The van der Waals surface area contributed by atoms with Gasteiger partial charge < -0.3 is 29.2 Å². The summed E-state index contributed by atoms with van der Waals surface area (Å²) in [6, 6.07) is 10.1. The van der Waals surface area contributed by atoms with Crippen LogP contribution in [0.3, 0.4) is 0 Å². The molecule has 35 heavy (non-hydrogen) atoms. The van der Waals surface area contributed by atoms with Gasteiger partial charge in [-0.1, -0.05) is 19.3 Å². The van der Waals surface area contributed by atoms with Gasteiger partial charge in [-0.15, -0.1) is 0 Å². The normalized spacial score (nSPS) is 15.9. The van der Waals surface area contributed by atoms with E-state index in [0.29, 0.717) is 47.4 Å². The number of hydrogen-bond donors (Lipinski definition) is 1. The van der Waals surface area contributed by atoms with Crippen molar-refractivity contribution in [3.63, 3.8) is 0 Å². The summed E-state index contributed by atoms with van der Waals surface area (Å²) < 4.78 is 21.8. The number of nitrogens with zero attached hydrogens (tertiary/aromatic N) is 1. The summed E-state index contributed by atoms with van der Waals surface area (Å²) in [5.74, 6) is 1.16. The van der Waals surface area contributed by atoms with Crippen molar-refractivity contribution in [3.8, 4) is 23.0 Å². The predicted molar refractivity (Wildman–Crippen MR) is 128 cm³/mol. The van der Waals surface area contributed by atoms with Crippen LogP contribution in [0, 0.1) is 5.92 Å². The molecule has 1 aliphatic heterocycles. The topological polar surface area (TPSA) is 103 Å². The van der Waals surface area contributed by atoms with Gasteiger partial charge in [0, 0.05) is 30.2 Å². The number of esters is 1. The van der Waals surface area contributed by atoms with Crippen LogP contribution < -0.4 is 19.5 Å². The fourth-order valence-electron chi connectivity index (χ4n) is 4.35. The first-order chi connectivity index (χ1) is 16.9. The molecule has 9 nitrogen and oxygen atoms in total. The van der Waals surface area contributed by atoms with Gasteiger partial charge in [-0.25, -0.2) is 4.79 Å². The lowest BCUT2D eigenvalue weighted by Crippen LogP contribution is -2.25. The second-order valence-electron chi connectivity index (χ2n) is 8.69. The van der Waals surface area contributed by atoms with E-state index >= 15 is 0 Å². The van der Waals surface area contributed by atoms with Gasteiger partial charge in [0.05, 0.1) is 20.2 Å². The monoisotopic (exact) mass is 482 g/mol. The van der Waals surface area contributed by atoms with E-state index in [9.17, 15) is 14.4 Å². The maximum Gasteiger partial charge on any atom is 0.410 e. The summed E-state index contributed by atoms with van der Waals surface area (Å²) in [6.45, 7) is 2.35. The molecular formula is C26H30N2O7. The summed E-state index contributed by atoms with van der Waals surface area (Å²) in [7, 11) is 1.51. The minimum atomic E-state index is -0.451. The minimum absolute atomic E-state index is 0.0145. The third-order valence-corrected chi connectivity index (χ3v) is 6.13. The lowest BCUT2D eigenvalue weighted by Gasteiger charge is -2.22. The molecule has 4 rings (SSSR count). The molecular weight excluding hydrogens is 452 g/mol. The van der Waals surface area contributed by atoms with Crippen molar-refractivity contribution >= 4 is 23.7 Å². The Balaban J connectivity index is 1.60. The SMILES string of the molecule is COc1ccc(OC(C)=O)cc1Oc1ccc(NC(=O)C2CCCCC2)cc1CN1CCOC1=O. The molecule has 2 amide bonds. The molecule has 2 aromatic carbocycles. The summed E-state index contributed by atoms with van der Waals surface area (Å²) in [6.07, 6.45) is 4.72. The highest BCUT2D eigenvalue weighted by Gasteiger charge is 2.25. The maximum absolute atomic E-state index is 12.8. The van der Waals surface area contributed by atoms with Crippen molar-refractivity contribution in [2.75, 3.05) is 25.6 Å². The number of cyclic esters (lactones) is 1. The number of methoxy groups -OCH3 is 1. The maximum atomic E-state index is 12.8. The van der Waals surface area contributed by atoms with E-state index in [1.54, 1.807) is 35.2 Å². The molecule has 186 valence electrons. The van der Waals surface area contributed by atoms with Crippen LogP contribution in [0.4, 0.5) is 10.5 Å². The van der Waals surface area contributed by atoms with Gasteiger partial charge in [-0.3, -0.25) is 9.59 Å². The average Bonchev–Trinajstić information content (AvgIpc) is 3.25. The van der Waals surface area contributed by atoms with E-state index < -0.39 is 12.1 Å². The van der Waals surface area contributed by atoms with E-state index in [2.05, 4.69) is 5.32 Å². The first-order valence-corrected chi connectivity index (χ1v) is 11.8. The first kappa shape index (κ1) is 24.4. The molecule has 2 fully saturated rings. The van der Waals surface area contributed by atoms with Crippen molar-refractivity contribution in [2.45, 2.75) is 45.6 Å². The molecule has 1 saturated heterocycles. The lowest BCUT2D eigenvalue weighted by atomic mass is 9.88. The summed E-state index contributed by atoms with van der Waals surface area (Å²) >= 11 is 0. The van der Waals surface area contributed by atoms with Crippen molar-refractivity contribution < 1.29 is 33.3 Å². The highest BCUT2D eigenvalue weighted by molar-refractivity contribution is 5.92. The fourth-order valence-corrected chi connectivity index (χ4v) is 4.35. The Kier molecular flexibility index (Phi) is 7.74. The van der Waals surface area contributed by atoms with Gasteiger partial charge >= 0.3 is 12.1 Å². The number of carbonyl (C=O) groups is 3. The van der Waals surface area contributed by atoms with Gasteiger partial charge in [0.1, 0.15) is 18.1 Å². The zero-order valence-corrected chi connectivity index (χ0v) is 20.0. The van der Waals surface area contributed by atoms with Crippen molar-refractivity contribution in [2.24, 2.45) is 5.92 Å². The zero-order chi connectivity index (χ0) is 24.8. The number of benzene rings is 2. The number of amides is 2. The molecule has 1 heterocycles. The van der Waals surface area contributed by atoms with Crippen LogP contribution in [0.25, 0.3) is 0 Å². The number of anilines is 1. The van der Waals surface area contributed by atoms with Crippen LogP contribution >= 0.6 is 0 Å². The van der Waals surface area contributed by atoms with Crippen LogP contribution in [-0.2, 0) is 20.9 Å². The highest BCUT2D eigenvalue weighted by atomic mass is 16.6. The highest BCUT2D eigenvalue weighted by Crippen LogP contribution is 2.37. The standard InChI is InChI=1S/C26H30N2O7/c1-17(29)34-21-9-11-23(32-2)24(15-21)35-22-10-8-20(27-25(30)18-6-4-3-5-7-18)14-19(22)16-28-12-13-33-26(28)31/h8-11,14-15,18H,3-7,12-13,16H2,1-2H3,(H,27,30). The van der Waals surface area contributed by atoms with E-state index in [0.717, 1.165) is 25.7 Å². The van der Waals surface area contributed by atoms with Gasteiger partial charge in [0.2, 0.25) is 5.91 Å². The number of carbonyl (C=O) groups excluding carboxylic acids is 3. The van der Waals surface area contributed by atoms with Gasteiger partial charge in [0.25, 0.3) is 0 Å². The molecule has 0 radical (unpaired) electrons. The van der Waals surface area contributed by atoms with Gasteiger partial charge in [-0.05, 0) is 43.2 Å². The predicted octanol–water partition coefficient (Wildman–Crippen LogP) is 4.88. The zero-order valence-electron chi connectivity index (χ0n) is 20.0. The average molecular weight is 483 g/mol. The van der Waals surface area contributed by atoms with Crippen LogP contribution in [0.5, 0.6) is 23.0 Å². The van der Waals surface area contributed by atoms with Crippen molar-refractivity contribution in [1.82, 2.24) is 4.90 Å². The molecule has 2 aliphatic rings. The quantitative estimate of drug-likeness (QED) is 0.422. The molecule has 0 atom stereocenters. The van der Waals surface area contributed by atoms with E-state index in [-0.39, 0.29) is 18.4 Å². The summed E-state index contributed by atoms with van der Waals surface area (Å²) in [5.41, 5.74) is 1.32. The smallest absolute Gasteiger partial charge is 0.410 e. The van der Waals surface area contributed by atoms with Gasteiger partial charge in [0.15, 0.2) is 11.5 Å². The Bertz CT molecular complexity index is 1100. The van der Waals surface area contributed by atoms with E-state index in [1.807, 2.05) is 6.07 Å². The molecule has 0 spiro atoms.